The lowest BCUT2D eigenvalue weighted by Gasteiger charge is -2.45. The van der Waals surface area contributed by atoms with Crippen LogP contribution in [0.1, 0.15) is 39.0 Å². The van der Waals surface area contributed by atoms with Crippen molar-refractivity contribution in [1.82, 2.24) is 5.32 Å². The number of piperidine rings is 1. The lowest BCUT2D eigenvalue weighted by atomic mass is 9.62. The van der Waals surface area contributed by atoms with Crippen LogP contribution in [-0.2, 0) is 4.79 Å². The van der Waals surface area contributed by atoms with E-state index >= 15 is 0 Å². The highest BCUT2D eigenvalue weighted by Gasteiger charge is 2.41. The molecule has 0 bridgehead atoms. The van der Waals surface area contributed by atoms with Crippen LogP contribution in [0.5, 0.6) is 0 Å². The van der Waals surface area contributed by atoms with E-state index in [1.165, 1.54) is 12.8 Å². The fraction of sp³-hybridized carbons (Fsp3) is 0.909. The van der Waals surface area contributed by atoms with Crippen molar-refractivity contribution in [2.75, 3.05) is 13.1 Å². The van der Waals surface area contributed by atoms with Crippen LogP contribution in [0.4, 0.5) is 0 Å². The molecule has 2 rings (SSSR count). The van der Waals surface area contributed by atoms with E-state index in [4.69, 9.17) is 0 Å². The summed E-state index contributed by atoms with van der Waals surface area (Å²) >= 11 is 0. The molecule has 0 aromatic heterocycles. The normalized spacial score (nSPS) is 33.6. The summed E-state index contributed by atoms with van der Waals surface area (Å²) in [4.78, 5) is 11.5. The zero-order chi connectivity index (χ0) is 9.31. The molecule has 74 valence electrons. The van der Waals surface area contributed by atoms with Crippen molar-refractivity contribution < 1.29 is 4.79 Å². The number of carbonyl (C=O) groups is 1. The Bertz CT molecular complexity index is 206. The van der Waals surface area contributed by atoms with Gasteiger partial charge >= 0.3 is 0 Å². The maximum absolute atomic E-state index is 11.5. The van der Waals surface area contributed by atoms with Gasteiger partial charge in [0.25, 0.3) is 0 Å². The molecule has 2 aliphatic rings. The van der Waals surface area contributed by atoms with E-state index in [2.05, 4.69) is 12.2 Å². The first-order chi connectivity index (χ1) is 6.23. The highest BCUT2D eigenvalue weighted by Crippen LogP contribution is 2.45. The average Bonchev–Trinajstić information content (AvgIpc) is 2.14. The quantitative estimate of drug-likeness (QED) is 0.617. The second-order valence-corrected chi connectivity index (χ2v) is 4.77. The van der Waals surface area contributed by atoms with Crippen molar-refractivity contribution in [3.63, 3.8) is 0 Å². The smallest absolute Gasteiger partial charge is 0.133 e. The van der Waals surface area contributed by atoms with Crippen molar-refractivity contribution in [1.29, 1.82) is 0 Å². The average molecular weight is 181 g/mol. The molecule has 13 heavy (non-hydrogen) atoms. The van der Waals surface area contributed by atoms with E-state index in [-0.39, 0.29) is 0 Å². The Morgan fingerprint density at radius 1 is 1.38 bits per heavy atom. The summed E-state index contributed by atoms with van der Waals surface area (Å²) in [5.74, 6) is 1.26. The number of ketones is 1. The Labute approximate surface area is 80.1 Å². The van der Waals surface area contributed by atoms with Gasteiger partial charge in [-0.1, -0.05) is 6.92 Å². The summed E-state index contributed by atoms with van der Waals surface area (Å²) in [7, 11) is 0. The fourth-order valence-electron chi connectivity index (χ4n) is 2.93. The number of hydrogen-bond acceptors (Lipinski definition) is 2. The standard InChI is InChI=1S/C11H19NO/c1-9-2-3-10(13)8-11(9)4-6-12-7-5-11/h9,12H,2-8H2,1H3. The van der Waals surface area contributed by atoms with Gasteiger partial charge < -0.3 is 5.32 Å². The van der Waals surface area contributed by atoms with Gasteiger partial charge in [-0.25, -0.2) is 0 Å². The largest absolute Gasteiger partial charge is 0.317 e. The number of rotatable bonds is 0. The van der Waals surface area contributed by atoms with E-state index in [0.717, 1.165) is 38.3 Å². The summed E-state index contributed by atoms with van der Waals surface area (Å²) in [6, 6.07) is 0. The molecule has 1 spiro atoms. The van der Waals surface area contributed by atoms with Crippen LogP contribution < -0.4 is 5.32 Å². The molecular formula is C11H19NO. The van der Waals surface area contributed by atoms with Gasteiger partial charge in [0.1, 0.15) is 5.78 Å². The third-order valence-corrected chi connectivity index (χ3v) is 4.05. The van der Waals surface area contributed by atoms with Crippen LogP contribution in [-0.4, -0.2) is 18.9 Å². The van der Waals surface area contributed by atoms with Gasteiger partial charge in [-0.2, -0.15) is 0 Å². The Morgan fingerprint density at radius 2 is 2.08 bits per heavy atom. The highest BCUT2D eigenvalue weighted by molar-refractivity contribution is 5.80. The molecule has 0 radical (unpaired) electrons. The van der Waals surface area contributed by atoms with E-state index in [1.807, 2.05) is 0 Å². The van der Waals surface area contributed by atoms with Crippen LogP contribution in [0, 0.1) is 11.3 Å². The first kappa shape index (κ1) is 9.20. The second kappa shape index (κ2) is 3.41. The van der Waals surface area contributed by atoms with Crippen LogP contribution >= 0.6 is 0 Å². The topological polar surface area (TPSA) is 29.1 Å². The predicted octanol–water partition coefficient (Wildman–Crippen LogP) is 1.75. The lowest BCUT2D eigenvalue weighted by molar-refractivity contribution is -0.126. The fourth-order valence-corrected chi connectivity index (χ4v) is 2.93. The van der Waals surface area contributed by atoms with Gasteiger partial charge in [-0.3, -0.25) is 4.79 Å². The van der Waals surface area contributed by atoms with Crippen LogP contribution in [0.3, 0.4) is 0 Å². The second-order valence-electron chi connectivity index (χ2n) is 4.77. The summed E-state index contributed by atoms with van der Waals surface area (Å²) in [6.07, 6.45) is 5.23. The molecule has 1 saturated heterocycles. The molecule has 2 heteroatoms. The highest BCUT2D eigenvalue weighted by atomic mass is 16.1. The first-order valence-corrected chi connectivity index (χ1v) is 5.45. The van der Waals surface area contributed by atoms with Crippen molar-refractivity contribution in [3.8, 4) is 0 Å². The van der Waals surface area contributed by atoms with E-state index < -0.39 is 0 Å². The van der Waals surface area contributed by atoms with Gasteiger partial charge in [0.15, 0.2) is 0 Å². The molecule has 2 fully saturated rings. The molecule has 1 N–H and O–H groups in total. The molecule has 0 aromatic rings. The predicted molar refractivity (Wildman–Crippen MR) is 52.6 cm³/mol. The summed E-state index contributed by atoms with van der Waals surface area (Å²) in [5, 5.41) is 3.38. The Balaban J connectivity index is 2.11. The molecule has 1 heterocycles. The summed E-state index contributed by atoms with van der Waals surface area (Å²) in [6.45, 7) is 4.55. The summed E-state index contributed by atoms with van der Waals surface area (Å²) < 4.78 is 0. The maximum Gasteiger partial charge on any atom is 0.133 e. The molecular weight excluding hydrogens is 162 g/mol. The van der Waals surface area contributed by atoms with E-state index in [1.54, 1.807) is 0 Å². The summed E-state index contributed by atoms with van der Waals surface area (Å²) in [5.41, 5.74) is 0.376. The Kier molecular flexibility index (Phi) is 2.41. The van der Waals surface area contributed by atoms with Crippen molar-refractivity contribution in [2.24, 2.45) is 11.3 Å². The molecule has 2 nitrogen and oxygen atoms in total. The minimum atomic E-state index is 0.376. The molecule has 1 atom stereocenters. The van der Waals surface area contributed by atoms with Gasteiger partial charge in [0.05, 0.1) is 0 Å². The zero-order valence-corrected chi connectivity index (χ0v) is 8.44. The van der Waals surface area contributed by atoms with Gasteiger partial charge in [0, 0.05) is 12.8 Å². The number of nitrogens with one attached hydrogen (secondary N) is 1. The number of Topliss-reactive ketones (excluding diaryl/α,β-unsaturated/α-hetero) is 1. The number of hydrogen-bond donors (Lipinski definition) is 1. The molecule has 1 saturated carbocycles. The Hall–Kier alpha value is -0.370. The van der Waals surface area contributed by atoms with Crippen LogP contribution in [0.2, 0.25) is 0 Å². The van der Waals surface area contributed by atoms with Crippen LogP contribution in [0.15, 0.2) is 0 Å². The van der Waals surface area contributed by atoms with E-state index in [0.29, 0.717) is 11.2 Å². The van der Waals surface area contributed by atoms with Gasteiger partial charge in [-0.05, 0) is 43.7 Å². The first-order valence-electron chi connectivity index (χ1n) is 5.45. The molecule has 1 unspecified atom stereocenters. The third-order valence-electron chi connectivity index (χ3n) is 4.05. The van der Waals surface area contributed by atoms with Gasteiger partial charge in [0.2, 0.25) is 0 Å². The SMILES string of the molecule is CC1CCC(=O)CC12CCNCC2. The molecule has 1 aliphatic heterocycles. The Morgan fingerprint density at radius 3 is 2.77 bits per heavy atom. The zero-order valence-electron chi connectivity index (χ0n) is 8.44. The van der Waals surface area contributed by atoms with Gasteiger partial charge in [-0.15, -0.1) is 0 Å². The molecule has 0 aromatic carbocycles. The minimum Gasteiger partial charge on any atom is -0.317 e. The molecule has 1 aliphatic carbocycles. The maximum atomic E-state index is 11.5. The van der Waals surface area contributed by atoms with Crippen LogP contribution in [0.25, 0.3) is 0 Å². The van der Waals surface area contributed by atoms with Crippen molar-refractivity contribution >= 4 is 5.78 Å². The van der Waals surface area contributed by atoms with Crippen molar-refractivity contribution in [3.05, 3.63) is 0 Å². The number of carbonyl (C=O) groups excluding carboxylic acids is 1. The molecule has 0 amide bonds. The van der Waals surface area contributed by atoms with E-state index in [9.17, 15) is 4.79 Å². The lowest BCUT2D eigenvalue weighted by Crippen LogP contribution is -2.44. The third kappa shape index (κ3) is 1.64. The van der Waals surface area contributed by atoms with Crippen molar-refractivity contribution in [2.45, 2.75) is 39.0 Å². The monoisotopic (exact) mass is 181 g/mol. The minimum absolute atomic E-state index is 0.376.